The molecule has 0 aliphatic rings. The van der Waals surface area contributed by atoms with Gasteiger partial charge in [0.15, 0.2) is 0 Å². The van der Waals surface area contributed by atoms with Crippen LogP contribution in [-0.2, 0) is 6.54 Å². The van der Waals surface area contributed by atoms with Crippen molar-refractivity contribution in [3.8, 4) is 0 Å². The van der Waals surface area contributed by atoms with Crippen LogP contribution in [0.4, 0.5) is 16.2 Å². The van der Waals surface area contributed by atoms with Gasteiger partial charge in [-0.2, -0.15) is 0 Å². The second-order valence-electron chi connectivity index (χ2n) is 5.89. The predicted octanol–water partition coefficient (Wildman–Crippen LogP) is 3.94. The predicted molar refractivity (Wildman–Crippen MR) is 98.2 cm³/mol. The van der Waals surface area contributed by atoms with Crippen molar-refractivity contribution in [2.45, 2.75) is 6.54 Å². The van der Waals surface area contributed by atoms with Crippen LogP contribution in [0.5, 0.6) is 0 Å². The number of nitrogens with one attached hydrogen (secondary N) is 2. The Hall–Kier alpha value is -2.92. The molecule has 0 unspecified atom stereocenters. The number of anilines is 2. The standard InChI is InChI=1S/C19H20N4O/c1-23(2)13-14-7-9-15(10-8-14)21-19(24)22-18-11-12-20-17-6-4-3-5-16(17)18/h3-12H,13H2,1-2H3,(H2,20,21,22,24). The molecule has 0 saturated carbocycles. The molecule has 5 nitrogen and oxygen atoms in total. The van der Waals surface area contributed by atoms with E-state index in [1.54, 1.807) is 12.3 Å². The number of carbonyl (C=O) groups is 1. The van der Waals surface area contributed by atoms with Gasteiger partial charge in [-0.3, -0.25) is 4.98 Å². The van der Waals surface area contributed by atoms with E-state index in [0.717, 1.165) is 28.8 Å². The van der Waals surface area contributed by atoms with E-state index in [0.29, 0.717) is 0 Å². The number of rotatable bonds is 4. The van der Waals surface area contributed by atoms with Gasteiger partial charge in [-0.25, -0.2) is 4.79 Å². The Balaban J connectivity index is 1.69. The molecule has 2 aromatic carbocycles. The van der Waals surface area contributed by atoms with E-state index in [2.05, 4.69) is 20.5 Å². The summed E-state index contributed by atoms with van der Waals surface area (Å²) < 4.78 is 0. The highest BCUT2D eigenvalue weighted by molar-refractivity contribution is 6.05. The molecule has 122 valence electrons. The molecule has 3 aromatic rings. The first-order valence-corrected chi connectivity index (χ1v) is 7.77. The Morgan fingerprint density at radius 1 is 1.00 bits per heavy atom. The monoisotopic (exact) mass is 320 g/mol. The van der Waals surface area contributed by atoms with Crippen LogP contribution in [0.1, 0.15) is 5.56 Å². The quantitative estimate of drug-likeness (QED) is 0.765. The number of nitrogens with zero attached hydrogens (tertiary/aromatic N) is 2. The molecule has 0 fully saturated rings. The topological polar surface area (TPSA) is 57.3 Å². The lowest BCUT2D eigenvalue weighted by atomic mass is 10.2. The summed E-state index contributed by atoms with van der Waals surface area (Å²) in [5.74, 6) is 0. The lowest BCUT2D eigenvalue weighted by molar-refractivity contribution is 0.262. The number of para-hydroxylation sites is 1. The summed E-state index contributed by atoms with van der Waals surface area (Å²) >= 11 is 0. The Bertz CT molecular complexity index is 838. The molecule has 3 rings (SSSR count). The van der Waals surface area contributed by atoms with Crippen LogP contribution < -0.4 is 10.6 Å². The third-order valence-electron chi connectivity index (χ3n) is 3.61. The number of fused-ring (bicyclic) bond motifs is 1. The van der Waals surface area contributed by atoms with E-state index < -0.39 is 0 Å². The first-order chi connectivity index (χ1) is 11.6. The average molecular weight is 320 g/mol. The second kappa shape index (κ2) is 7.10. The molecule has 1 heterocycles. The molecule has 0 saturated heterocycles. The van der Waals surface area contributed by atoms with Crippen LogP contribution in [0, 0.1) is 0 Å². The Morgan fingerprint density at radius 3 is 2.50 bits per heavy atom. The van der Waals surface area contributed by atoms with E-state index in [4.69, 9.17) is 0 Å². The molecule has 0 spiro atoms. The van der Waals surface area contributed by atoms with Crippen LogP contribution in [0.3, 0.4) is 0 Å². The first kappa shape index (κ1) is 16.0. The zero-order chi connectivity index (χ0) is 16.9. The smallest absolute Gasteiger partial charge is 0.308 e. The van der Waals surface area contributed by atoms with E-state index in [-0.39, 0.29) is 6.03 Å². The number of hydrogen-bond donors (Lipinski definition) is 2. The van der Waals surface area contributed by atoms with Crippen LogP contribution in [0.15, 0.2) is 60.8 Å². The van der Waals surface area contributed by atoms with Gasteiger partial charge in [-0.15, -0.1) is 0 Å². The largest absolute Gasteiger partial charge is 0.323 e. The van der Waals surface area contributed by atoms with Crippen molar-refractivity contribution in [1.82, 2.24) is 9.88 Å². The maximum Gasteiger partial charge on any atom is 0.323 e. The number of benzene rings is 2. The zero-order valence-corrected chi connectivity index (χ0v) is 13.8. The van der Waals surface area contributed by atoms with Crippen LogP contribution in [0.25, 0.3) is 10.9 Å². The van der Waals surface area contributed by atoms with Crippen molar-refractivity contribution in [3.05, 3.63) is 66.4 Å². The van der Waals surface area contributed by atoms with E-state index >= 15 is 0 Å². The minimum absolute atomic E-state index is 0.272. The minimum Gasteiger partial charge on any atom is -0.308 e. The van der Waals surface area contributed by atoms with Crippen molar-refractivity contribution in [2.24, 2.45) is 0 Å². The maximum atomic E-state index is 12.2. The molecule has 2 N–H and O–H groups in total. The minimum atomic E-state index is -0.272. The van der Waals surface area contributed by atoms with Gasteiger partial charge in [0.1, 0.15) is 0 Å². The van der Waals surface area contributed by atoms with Gasteiger partial charge in [0, 0.05) is 23.8 Å². The average Bonchev–Trinajstić information content (AvgIpc) is 2.56. The molecule has 0 aliphatic heterocycles. The molecule has 24 heavy (non-hydrogen) atoms. The van der Waals surface area contributed by atoms with Crippen molar-refractivity contribution < 1.29 is 4.79 Å². The third kappa shape index (κ3) is 3.88. The van der Waals surface area contributed by atoms with Crippen molar-refractivity contribution in [3.63, 3.8) is 0 Å². The highest BCUT2D eigenvalue weighted by Crippen LogP contribution is 2.21. The van der Waals surface area contributed by atoms with Crippen LogP contribution in [0.2, 0.25) is 0 Å². The molecule has 0 aliphatic carbocycles. The lowest BCUT2D eigenvalue weighted by Crippen LogP contribution is -2.19. The van der Waals surface area contributed by atoms with E-state index in [9.17, 15) is 4.79 Å². The summed E-state index contributed by atoms with van der Waals surface area (Å²) in [7, 11) is 4.05. The summed E-state index contributed by atoms with van der Waals surface area (Å²) in [5, 5.41) is 6.65. The van der Waals surface area contributed by atoms with Gasteiger partial charge in [0.05, 0.1) is 11.2 Å². The van der Waals surface area contributed by atoms with Gasteiger partial charge in [-0.05, 0) is 43.9 Å². The first-order valence-electron chi connectivity index (χ1n) is 7.77. The summed E-state index contributed by atoms with van der Waals surface area (Å²) in [6.07, 6.45) is 1.69. The van der Waals surface area contributed by atoms with Crippen molar-refractivity contribution in [2.75, 3.05) is 24.7 Å². The molecule has 0 atom stereocenters. The van der Waals surface area contributed by atoms with Gasteiger partial charge in [0.2, 0.25) is 0 Å². The van der Waals surface area contributed by atoms with Crippen molar-refractivity contribution >= 4 is 28.3 Å². The molecule has 2 amide bonds. The summed E-state index contributed by atoms with van der Waals surface area (Å²) in [5.41, 5.74) is 3.55. The van der Waals surface area contributed by atoms with Gasteiger partial charge in [-0.1, -0.05) is 30.3 Å². The Morgan fingerprint density at radius 2 is 1.75 bits per heavy atom. The number of aromatic nitrogens is 1. The van der Waals surface area contributed by atoms with Crippen LogP contribution in [-0.4, -0.2) is 30.0 Å². The Labute approximate surface area is 141 Å². The summed E-state index contributed by atoms with van der Waals surface area (Å²) in [6, 6.07) is 17.1. The normalized spacial score (nSPS) is 10.8. The highest BCUT2D eigenvalue weighted by atomic mass is 16.2. The van der Waals surface area contributed by atoms with Crippen LogP contribution >= 0.6 is 0 Å². The number of hydrogen-bond acceptors (Lipinski definition) is 3. The summed E-state index contributed by atoms with van der Waals surface area (Å²) in [6.45, 7) is 0.871. The van der Waals surface area contributed by atoms with Gasteiger partial charge >= 0.3 is 6.03 Å². The number of urea groups is 1. The molecular formula is C19H20N4O. The summed E-state index contributed by atoms with van der Waals surface area (Å²) in [4.78, 5) is 18.6. The molecule has 1 aromatic heterocycles. The zero-order valence-electron chi connectivity index (χ0n) is 13.8. The number of amides is 2. The fraction of sp³-hybridized carbons (Fsp3) is 0.158. The Kier molecular flexibility index (Phi) is 4.72. The van der Waals surface area contributed by atoms with E-state index in [1.165, 1.54) is 5.56 Å². The molecule has 5 heteroatoms. The SMILES string of the molecule is CN(C)Cc1ccc(NC(=O)Nc2ccnc3ccccc23)cc1. The second-order valence-corrected chi connectivity index (χ2v) is 5.89. The molecule has 0 radical (unpaired) electrons. The lowest BCUT2D eigenvalue weighted by Gasteiger charge is -2.12. The van der Waals surface area contributed by atoms with Crippen molar-refractivity contribution in [1.29, 1.82) is 0 Å². The fourth-order valence-corrected chi connectivity index (χ4v) is 2.55. The number of carbonyl (C=O) groups excluding carboxylic acids is 1. The van der Waals surface area contributed by atoms with Gasteiger partial charge in [0.25, 0.3) is 0 Å². The number of pyridine rings is 1. The fourth-order valence-electron chi connectivity index (χ4n) is 2.55. The highest BCUT2D eigenvalue weighted by Gasteiger charge is 2.06. The third-order valence-corrected chi connectivity index (χ3v) is 3.61. The molecule has 0 bridgehead atoms. The maximum absolute atomic E-state index is 12.2. The molecular weight excluding hydrogens is 300 g/mol. The van der Waals surface area contributed by atoms with Gasteiger partial charge < -0.3 is 15.5 Å². The van der Waals surface area contributed by atoms with E-state index in [1.807, 2.05) is 62.6 Å².